The molecule has 11 aromatic rings. The predicted octanol–water partition coefficient (Wildman–Crippen LogP) is 16.6. The molecule has 2 aliphatic carbocycles. The second-order valence-electron chi connectivity index (χ2n) is 18.4. The van der Waals surface area contributed by atoms with Gasteiger partial charge in [-0.3, -0.25) is 0 Å². The summed E-state index contributed by atoms with van der Waals surface area (Å²) in [5, 5.41) is 15.5. The van der Waals surface area contributed by atoms with Crippen molar-refractivity contribution < 1.29 is 0 Å². The molecule has 0 heterocycles. The van der Waals surface area contributed by atoms with E-state index in [4.69, 9.17) is 0 Å². The van der Waals surface area contributed by atoms with Crippen molar-refractivity contribution in [2.75, 3.05) is 0 Å². The Morgan fingerprint density at radius 2 is 0.600 bits per heavy atom. The molecule has 0 nitrogen and oxygen atoms in total. The number of rotatable bonds is 2. The SMILES string of the molecule is CC1(C)c2cc3c(-c4ccc5ccccc5c4)c4cc5c(cc4c(-c4ccc6ccccc6c4)c3cc2-c2c1ccc1ccccc21)C(C)(C)c1ccc2ccccc2c1-5. The monoisotopic (exact) mass is 762 g/mol. The smallest absolute Gasteiger partial charge is 0.0159 e. The second-order valence-corrected chi connectivity index (χ2v) is 18.4. The molecule has 2 aliphatic rings. The molecule has 0 saturated heterocycles. The van der Waals surface area contributed by atoms with E-state index in [9.17, 15) is 0 Å². The lowest BCUT2D eigenvalue weighted by Gasteiger charge is -2.25. The highest BCUT2D eigenvalue weighted by molar-refractivity contribution is 6.25. The molecule has 13 rings (SSSR count). The van der Waals surface area contributed by atoms with Crippen molar-refractivity contribution in [1.82, 2.24) is 0 Å². The van der Waals surface area contributed by atoms with Crippen LogP contribution in [0.3, 0.4) is 0 Å². The third-order valence-electron chi connectivity index (χ3n) is 14.6. The van der Waals surface area contributed by atoms with Crippen LogP contribution in [0.5, 0.6) is 0 Å². The van der Waals surface area contributed by atoms with Crippen molar-refractivity contribution in [2.24, 2.45) is 0 Å². The Morgan fingerprint density at radius 1 is 0.250 bits per heavy atom. The molecule has 0 amide bonds. The average molecular weight is 763 g/mol. The van der Waals surface area contributed by atoms with Crippen LogP contribution < -0.4 is 0 Å². The van der Waals surface area contributed by atoms with Gasteiger partial charge in [-0.25, -0.2) is 0 Å². The van der Waals surface area contributed by atoms with Gasteiger partial charge in [-0.15, -0.1) is 0 Å². The van der Waals surface area contributed by atoms with Crippen LogP contribution in [0.15, 0.2) is 182 Å². The zero-order valence-electron chi connectivity index (χ0n) is 34.3. The van der Waals surface area contributed by atoms with Gasteiger partial charge >= 0.3 is 0 Å². The van der Waals surface area contributed by atoms with Crippen LogP contribution in [0.25, 0.3) is 109 Å². The van der Waals surface area contributed by atoms with E-state index in [2.05, 4.69) is 210 Å². The number of benzene rings is 11. The number of fused-ring (bicyclic) bond motifs is 14. The fourth-order valence-electron chi connectivity index (χ4n) is 11.5. The average Bonchev–Trinajstić information content (AvgIpc) is 3.65. The summed E-state index contributed by atoms with van der Waals surface area (Å²) in [6.45, 7) is 9.71. The summed E-state index contributed by atoms with van der Waals surface area (Å²) in [4.78, 5) is 0. The summed E-state index contributed by atoms with van der Waals surface area (Å²) in [5.41, 5.74) is 15.8. The molecule has 0 N–H and O–H groups in total. The van der Waals surface area contributed by atoms with Gasteiger partial charge in [0.05, 0.1) is 0 Å². The lowest BCUT2D eigenvalue weighted by atomic mass is 9.77. The molecule has 60 heavy (non-hydrogen) atoms. The van der Waals surface area contributed by atoms with Crippen LogP contribution >= 0.6 is 0 Å². The van der Waals surface area contributed by atoms with Gasteiger partial charge in [-0.1, -0.05) is 173 Å². The Hall–Kier alpha value is -7.02. The van der Waals surface area contributed by atoms with Crippen molar-refractivity contribution in [3.8, 4) is 44.5 Å². The van der Waals surface area contributed by atoms with E-state index in [0.29, 0.717) is 0 Å². The zero-order valence-corrected chi connectivity index (χ0v) is 34.3. The lowest BCUT2D eigenvalue weighted by Crippen LogP contribution is -2.15. The van der Waals surface area contributed by atoms with Crippen LogP contribution in [0, 0.1) is 0 Å². The minimum absolute atomic E-state index is 0.179. The summed E-state index contributed by atoms with van der Waals surface area (Å²) in [6, 6.07) is 69.5. The van der Waals surface area contributed by atoms with Crippen molar-refractivity contribution in [3.05, 3.63) is 204 Å². The van der Waals surface area contributed by atoms with Crippen molar-refractivity contribution in [3.63, 3.8) is 0 Å². The Morgan fingerprint density at radius 3 is 1.03 bits per heavy atom. The molecule has 11 aromatic carbocycles. The summed E-state index contributed by atoms with van der Waals surface area (Å²) >= 11 is 0. The van der Waals surface area contributed by atoms with Crippen LogP contribution in [-0.4, -0.2) is 0 Å². The van der Waals surface area contributed by atoms with E-state index in [0.717, 1.165) is 0 Å². The van der Waals surface area contributed by atoms with E-state index in [1.807, 2.05) is 0 Å². The first-order valence-electron chi connectivity index (χ1n) is 21.4. The summed E-state index contributed by atoms with van der Waals surface area (Å²) < 4.78 is 0. The van der Waals surface area contributed by atoms with E-state index in [1.54, 1.807) is 0 Å². The molecule has 0 saturated carbocycles. The van der Waals surface area contributed by atoms with Gasteiger partial charge in [0, 0.05) is 10.8 Å². The Balaban J connectivity index is 1.25. The molecule has 0 unspecified atom stereocenters. The first-order valence-corrected chi connectivity index (χ1v) is 21.4. The molecular formula is C60H42. The van der Waals surface area contributed by atoms with Gasteiger partial charge < -0.3 is 0 Å². The largest absolute Gasteiger partial charge is 0.0616 e. The fraction of sp³-hybridized carbons (Fsp3) is 0.100. The van der Waals surface area contributed by atoms with Crippen LogP contribution in [-0.2, 0) is 10.8 Å². The minimum Gasteiger partial charge on any atom is -0.0616 e. The van der Waals surface area contributed by atoms with Crippen LogP contribution in [0.1, 0.15) is 49.9 Å². The van der Waals surface area contributed by atoms with Crippen LogP contribution in [0.4, 0.5) is 0 Å². The van der Waals surface area contributed by atoms with E-state index in [1.165, 1.54) is 131 Å². The molecule has 0 aliphatic heterocycles. The van der Waals surface area contributed by atoms with Gasteiger partial charge in [0.15, 0.2) is 0 Å². The third-order valence-corrected chi connectivity index (χ3v) is 14.6. The number of hydrogen-bond acceptors (Lipinski definition) is 0. The molecule has 0 fully saturated rings. The van der Waals surface area contributed by atoms with E-state index in [-0.39, 0.29) is 10.8 Å². The van der Waals surface area contributed by atoms with Gasteiger partial charge in [0.25, 0.3) is 0 Å². The van der Waals surface area contributed by atoms with Gasteiger partial charge in [-0.2, -0.15) is 0 Å². The molecular weight excluding hydrogens is 721 g/mol. The lowest BCUT2D eigenvalue weighted by molar-refractivity contribution is 0.661. The fourth-order valence-corrected chi connectivity index (χ4v) is 11.5. The van der Waals surface area contributed by atoms with Gasteiger partial charge in [0.2, 0.25) is 0 Å². The molecule has 0 radical (unpaired) electrons. The Bertz CT molecular complexity index is 3460. The quantitative estimate of drug-likeness (QED) is 0.154. The molecule has 0 atom stereocenters. The Kier molecular flexibility index (Phi) is 6.67. The molecule has 0 spiro atoms. The first kappa shape index (κ1) is 33.9. The number of hydrogen-bond donors (Lipinski definition) is 0. The maximum atomic E-state index is 2.59. The minimum atomic E-state index is -0.179. The third kappa shape index (κ3) is 4.46. The summed E-state index contributed by atoms with van der Waals surface area (Å²) in [5.74, 6) is 0. The normalized spacial score (nSPS) is 14.6. The maximum absolute atomic E-state index is 2.59. The van der Waals surface area contributed by atoms with Gasteiger partial charge in [0.1, 0.15) is 0 Å². The molecule has 0 bridgehead atoms. The highest BCUT2D eigenvalue weighted by Crippen LogP contribution is 2.58. The standard InChI is InChI=1S/C60H42/c1-59(2)51-27-25-37-15-9-11-19-43(37)57(51)49-31-45-47(33-53(49)59)55(41-23-21-35-13-5-7-17-39(35)29-41)46-32-50-54(60(3,4)52-28-26-38-16-10-12-20-44(38)58(50)52)34-48(46)56(45)42-24-22-36-14-6-8-18-40(36)30-42/h5-34H,1-4H3. The topological polar surface area (TPSA) is 0 Å². The van der Waals surface area contributed by atoms with Crippen LogP contribution in [0.2, 0.25) is 0 Å². The van der Waals surface area contributed by atoms with E-state index >= 15 is 0 Å². The van der Waals surface area contributed by atoms with Gasteiger partial charge in [-0.05, 0) is 168 Å². The Labute approximate surface area is 350 Å². The highest BCUT2D eigenvalue weighted by atomic mass is 14.4. The maximum Gasteiger partial charge on any atom is 0.0159 e. The molecule has 282 valence electrons. The second kappa shape index (κ2) is 11.8. The highest BCUT2D eigenvalue weighted by Gasteiger charge is 2.40. The zero-order chi connectivity index (χ0) is 40.1. The van der Waals surface area contributed by atoms with E-state index < -0.39 is 0 Å². The summed E-state index contributed by atoms with van der Waals surface area (Å²) in [7, 11) is 0. The predicted molar refractivity (Wildman–Crippen MR) is 257 cm³/mol. The van der Waals surface area contributed by atoms with Crippen molar-refractivity contribution in [2.45, 2.75) is 38.5 Å². The molecule has 0 aromatic heterocycles. The van der Waals surface area contributed by atoms with Crippen molar-refractivity contribution in [1.29, 1.82) is 0 Å². The molecule has 0 heteroatoms. The summed E-state index contributed by atoms with van der Waals surface area (Å²) in [6.07, 6.45) is 0. The van der Waals surface area contributed by atoms with Crippen molar-refractivity contribution >= 4 is 64.6 Å². The first-order chi connectivity index (χ1) is 29.3.